The maximum atomic E-state index is 12.0. The third kappa shape index (κ3) is 3.74. The van der Waals surface area contributed by atoms with E-state index in [-0.39, 0.29) is 16.6 Å². The predicted molar refractivity (Wildman–Crippen MR) is 63.0 cm³/mol. The van der Waals surface area contributed by atoms with Crippen molar-refractivity contribution in [3.05, 3.63) is 18.0 Å². The number of hydrogen-bond donors (Lipinski definition) is 2. The van der Waals surface area contributed by atoms with Gasteiger partial charge in [-0.2, -0.15) is 0 Å². The normalized spacial score (nSPS) is 12.3. The lowest BCUT2D eigenvalue weighted by Crippen LogP contribution is -2.28. The van der Waals surface area contributed by atoms with Gasteiger partial charge < -0.3 is 9.67 Å². The molecule has 0 spiro atoms. The van der Waals surface area contributed by atoms with E-state index in [2.05, 4.69) is 0 Å². The Kier molecular flexibility index (Phi) is 4.64. The second-order valence-corrected chi connectivity index (χ2v) is 5.88. The van der Waals surface area contributed by atoms with Gasteiger partial charge in [-0.3, -0.25) is 0 Å². The molecular formula is C10H14F2N2O4S. The van der Waals surface area contributed by atoms with E-state index in [1.54, 1.807) is 18.6 Å². The molecule has 0 saturated heterocycles. The predicted octanol–water partition coefficient (Wildman–Crippen LogP) is 1.31. The monoisotopic (exact) mass is 296 g/mol. The summed E-state index contributed by atoms with van der Waals surface area (Å²) in [5.74, 6) is -1.29. The average molecular weight is 296 g/mol. The van der Waals surface area contributed by atoms with Crippen molar-refractivity contribution in [2.24, 2.45) is 0 Å². The number of carbonyl (C=O) groups is 1. The molecule has 0 fully saturated rings. The topological polar surface area (TPSA) is 88.4 Å². The summed E-state index contributed by atoms with van der Waals surface area (Å²) in [5, 5.41) is 8.96. The van der Waals surface area contributed by atoms with Crippen LogP contribution in [0.2, 0.25) is 0 Å². The number of nitrogens with zero attached hydrogens (tertiary/aromatic N) is 1. The van der Waals surface area contributed by atoms with Gasteiger partial charge in [-0.05, 0) is 19.9 Å². The van der Waals surface area contributed by atoms with E-state index in [1.165, 1.54) is 4.57 Å². The lowest BCUT2D eigenvalue weighted by atomic mass is 10.3. The zero-order valence-corrected chi connectivity index (χ0v) is 11.1. The first-order chi connectivity index (χ1) is 8.65. The minimum atomic E-state index is -4.14. The van der Waals surface area contributed by atoms with Crippen LogP contribution in [0.3, 0.4) is 0 Å². The Balaban J connectivity index is 3.15. The summed E-state index contributed by atoms with van der Waals surface area (Å²) in [7, 11) is -4.14. The summed E-state index contributed by atoms with van der Waals surface area (Å²) in [5.41, 5.74) is -0.215. The minimum absolute atomic E-state index is 0.215. The first-order valence-corrected chi connectivity index (χ1v) is 6.86. The Hall–Kier alpha value is -1.48. The van der Waals surface area contributed by atoms with Gasteiger partial charge in [-0.1, -0.05) is 0 Å². The molecule has 19 heavy (non-hydrogen) atoms. The maximum Gasteiger partial charge on any atom is 0.352 e. The Morgan fingerprint density at radius 1 is 1.47 bits per heavy atom. The quantitative estimate of drug-likeness (QED) is 0.828. The van der Waals surface area contributed by atoms with Crippen LogP contribution >= 0.6 is 0 Å². The van der Waals surface area contributed by atoms with Gasteiger partial charge in [0.05, 0.1) is 6.54 Å². The molecule has 1 rings (SSSR count). The van der Waals surface area contributed by atoms with Crippen molar-refractivity contribution in [2.75, 3.05) is 6.54 Å². The van der Waals surface area contributed by atoms with Crippen LogP contribution in [0.25, 0.3) is 0 Å². The molecule has 1 heterocycles. The van der Waals surface area contributed by atoms with E-state index in [9.17, 15) is 22.0 Å². The summed E-state index contributed by atoms with van der Waals surface area (Å²) in [6.07, 6.45) is -1.71. The number of aromatic carboxylic acids is 1. The van der Waals surface area contributed by atoms with E-state index in [0.29, 0.717) is 0 Å². The molecule has 0 radical (unpaired) electrons. The van der Waals surface area contributed by atoms with Gasteiger partial charge >= 0.3 is 5.97 Å². The lowest BCUT2D eigenvalue weighted by molar-refractivity contribution is 0.0683. The molecule has 9 heteroatoms. The molecule has 0 bridgehead atoms. The number of halogens is 2. The molecule has 1 aromatic heterocycles. The summed E-state index contributed by atoms with van der Waals surface area (Å²) in [4.78, 5) is 10.6. The van der Waals surface area contributed by atoms with Crippen LogP contribution in [0.5, 0.6) is 0 Å². The Bertz CT molecular complexity index is 566. The maximum absolute atomic E-state index is 12.0. The Morgan fingerprint density at radius 3 is 2.42 bits per heavy atom. The Morgan fingerprint density at radius 2 is 2.05 bits per heavy atom. The average Bonchev–Trinajstić information content (AvgIpc) is 2.72. The van der Waals surface area contributed by atoms with Crippen molar-refractivity contribution >= 4 is 16.0 Å². The molecular weight excluding hydrogens is 282 g/mol. The van der Waals surface area contributed by atoms with Gasteiger partial charge in [-0.25, -0.2) is 26.7 Å². The highest BCUT2D eigenvalue weighted by atomic mass is 32.2. The number of alkyl halides is 2. The van der Waals surface area contributed by atoms with Crippen molar-refractivity contribution in [1.29, 1.82) is 0 Å². The molecule has 0 aliphatic rings. The summed E-state index contributed by atoms with van der Waals surface area (Å²) in [6.45, 7) is 2.34. The van der Waals surface area contributed by atoms with Gasteiger partial charge in [-0.15, -0.1) is 0 Å². The molecule has 0 aliphatic heterocycles. The molecule has 0 atom stereocenters. The number of carboxylic acid groups (broad SMARTS) is 1. The van der Waals surface area contributed by atoms with Crippen LogP contribution in [0, 0.1) is 0 Å². The first kappa shape index (κ1) is 15.6. The van der Waals surface area contributed by atoms with E-state index in [4.69, 9.17) is 5.11 Å². The second kappa shape index (κ2) is 5.66. The molecule has 0 aliphatic carbocycles. The smallest absolute Gasteiger partial charge is 0.352 e. The highest BCUT2D eigenvalue weighted by Gasteiger charge is 2.23. The SMILES string of the molecule is CC(C)n1cc(S(=O)(=O)NCC(F)F)cc1C(=O)O. The molecule has 6 nitrogen and oxygen atoms in total. The van der Waals surface area contributed by atoms with Crippen LogP contribution in [0.1, 0.15) is 30.4 Å². The molecule has 1 aromatic rings. The van der Waals surface area contributed by atoms with Gasteiger partial charge in [0.25, 0.3) is 6.43 Å². The minimum Gasteiger partial charge on any atom is -0.477 e. The van der Waals surface area contributed by atoms with Crippen LogP contribution in [-0.2, 0) is 10.0 Å². The van der Waals surface area contributed by atoms with E-state index in [1.807, 2.05) is 0 Å². The number of rotatable bonds is 6. The molecule has 0 unspecified atom stereocenters. The summed E-state index contributed by atoms with van der Waals surface area (Å²) < 4.78 is 50.3. The highest BCUT2D eigenvalue weighted by Crippen LogP contribution is 2.19. The third-order valence-corrected chi connectivity index (χ3v) is 3.73. The molecule has 2 N–H and O–H groups in total. The van der Waals surface area contributed by atoms with Crippen LogP contribution in [0.15, 0.2) is 17.2 Å². The number of nitrogens with one attached hydrogen (secondary N) is 1. The number of sulfonamides is 1. The van der Waals surface area contributed by atoms with Crippen molar-refractivity contribution in [3.8, 4) is 0 Å². The zero-order valence-electron chi connectivity index (χ0n) is 10.3. The number of hydrogen-bond acceptors (Lipinski definition) is 3. The molecule has 0 saturated carbocycles. The van der Waals surface area contributed by atoms with E-state index >= 15 is 0 Å². The number of aromatic nitrogens is 1. The molecule has 0 amide bonds. The van der Waals surface area contributed by atoms with Gasteiger partial charge in [0.2, 0.25) is 10.0 Å². The van der Waals surface area contributed by atoms with Crippen LogP contribution in [0.4, 0.5) is 8.78 Å². The molecule has 0 aromatic carbocycles. The Labute approximate surface area is 109 Å². The second-order valence-electron chi connectivity index (χ2n) is 4.11. The van der Waals surface area contributed by atoms with Crippen LogP contribution in [-0.4, -0.2) is 37.0 Å². The standard InChI is InChI=1S/C10H14F2N2O4S/c1-6(2)14-5-7(3-8(14)10(15)16)19(17,18)13-4-9(11)12/h3,5-6,9,13H,4H2,1-2H3,(H,15,16). The highest BCUT2D eigenvalue weighted by molar-refractivity contribution is 7.89. The van der Waals surface area contributed by atoms with Gasteiger partial charge in [0.1, 0.15) is 10.6 Å². The zero-order chi connectivity index (χ0) is 14.8. The third-order valence-electron chi connectivity index (χ3n) is 2.34. The van der Waals surface area contributed by atoms with Crippen molar-refractivity contribution in [2.45, 2.75) is 31.2 Å². The van der Waals surface area contributed by atoms with E-state index in [0.717, 1.165) is 12.3 Å². The molecule has 108 valence electrons. The fourth-order valence-corrected chi connectivity index (χ4v) is 2.49. The van der Waals surface area contributed by atoms with Gasteiger partial charge in [0, 0.05) is 12.2 Å². The fraction of sp³-hybridized carbons (Fsp3) is 0.500. The van der Waals surface area contributed by atoms with Crippen molar-refractivity contribution < 1.29 is 27.1 Å². The van der Waals surface area contributed by atoms with Crippen molar-refractivity contribution in [1.82, 2.24) is 9.29 Å². The van der Waals surface area contributed by atoms with E-state index < -0.39 is 29.0 Å². The fourth-order valence-electron chi connectivity index (χ4n) is 1.46. The number of carboxylic acids is 1. The first-order valence-electron chi connectivity index (χ1n) is 5.38. The lowest BCUT2D eigenvalue weighted by Gasteiger charge is -2.09. The van der Waals surface area contributed by atoms with Gasteiger partial charge in [0.15, 0.2) is 0 Å². The van der Waals surface area contributed by atoms with Crippen molar-refractivity contribution in [3.63, 3.8) is 0 Å². The summed E-state index contributed by atoms with van der Waals surface area (Å²) in [6, 6.07) is 0.668. The largest absolute Gasteiger partial charge is 0.477 e. The summed E-state index contributed by atoms with van der Waals surface area (Å²) >= 11 is 0. The van der Waals surface area contributed by atoms with Crippen LogP contribution < -0.4 is 4.72 Å².